The Balaban J connectivity index is 0.00000450. The van der Waals surface area contributed by atoms with Gasteiger partial charge in [0.2, 0.25) is 0 Å². The SMILES string of the molecule is CCCCc1cc(C)ccc1C(=O)[NH][Hf+2][NH]C(=O)c1ccc(C)cc1CCCC.[Cl-].[Cl-]. The number of hydrogen-bond donors (Lipinski definition) is 2. The quantitative estimate of drug-likeness (QED) is 0.334. The molecule has 2 aromatic carbocycles. The van der Waals surface area contributed by atoms with Gasteiger partial charge in [-0.2, -0.15) is 0 Å². The molecular formula is C24H32Cl2HfN2O2. The van der Waals surface area contributed by atoms with Crippen LogP contribution >= 0.6 is 0 Å². The zero-order valence-electron chi connectivity index (χ0n) is 18.8. The molecule has 31 heavy (non-hydrogen) atoms. The maximum absolute atomic E-state index is 12.7. The van der Waals surface area contributed by atoms with Crippen LogP contribution in [0.15, 0.2) is 36.4 Å². The number of benzene rings is 2. The van der Waals surface area contributed by atoms with Crippen LogP contribution in [0.1, 0.15) is 82.5 Å². The number of aryl methyl sites for hydroxylation is 4. The van der Waals surface area contributed by atoms with E-state index in [1.54, 1.807) is 0 Å². The molecule has 0 bridgehead atoms. The van der Waals surface area contributed by atoms with Crippen molar-refractivity contribution in [2.75, 3.05) is 0 Å². The second-order valence-electron chi connectivity index (χ2n) is 7.56. The van der Waals surface area contributed by atoms with Crippen molar-refractivity contribution >= 4 is 11.8 Å². The molecular weight excluding hydrogens is 598 g/mol. The van der Waals surface area contributed by atoms with Crippen molar-refractivity contribution in [1.82, 2.24) is 6.61 Å². The maximum Gasteiger partial charge on any atom is -1.00 e. The summed E-state index contributed by atoms with van der Waals surface area (Å²) >= 11 is -1.81. The normalized spacial score (nSPS) is 9.68. The van der Waals surface area contributed by atoms with E-state index >= 15 is 0 Å². The molecule has 0 saturated heterocycles. The van der Waals surface area contributed by atoms with Gasteiger partial charge in [0.25, 0.3) is 0 Å². The molecule has 0 fully saturated rings. The Hall–Kier alpha value is -1.17. The third kappa shape index (κ3) is 9.46. The van der Waals surface area contributed by atoms with Crippen LogP contribution in [0, 0.1) is 13.8 Å². The van der Waals surface area contributed by atoms with Gasteiger partial charge in [-0.15, -0.1) is 0 Å². The molecule has 168 valence electrons. The van der Waals surface area contributed by atoms with Gasteiger partial charge < -0.3 is 24.8 Å². The smallest absolute Gasteiger partial charge is 1.00 e. The van der Waals surface area contributed by atoms with Gasteiger partial charge in [0.05, 0.1) is 0 Å². The molecule has 0 saturated carbocycles. The number of nitrogens with one attached hydrogen (secondary N) is 2. The monoisotopic (exact) mass is 630 g/mol. The summed E-state index contributed by atoms with van der Waals surface area (Å²) in [7, 11) is 0. The first-order chi connectivity index (χ1) is 14.0. The van der Waals surface area contributed by atoms with Crippen molar-refractivity contribution in [3.63, 3.8) is 0 Å². The number of unbranched alkanes of at least 4 members (excludes halogenated alkanes) is 2. The minimum atomic E-state index is -1.81. The van der Waals surface area contributed by atoms with Crippen LogP contribution in [0.5, 0.6) is 0 Å². The Morgan fingerprint density at radius 2 is 1.13 bits per heavy atom. The second kappa shape index (κ2) is 15.6. The predicted octanol–water partition coefficient (Wildman–Crippen LogP) is -0.931. The molecule has 0 aliphatic heterocycles. The Kier molecular flexibility index (Phi) is 15.0. The first-order valence-corrected chi connectivity index (χ1v) is 14.1. The zero-order valence-corrected chi connectivity index (χ0v) is 23.9. The van der Waals surface area contributed by atoms with Gasteiger partial charge in [-0.1, -0.05) is 0 Å². The van der Waals surface area contributed by atoms with Crippen LogP contribution in [0.2, 0.25) is 0 Å². The standard InChI is InChI=1S/2C12H17NO.2ClH.Hf/c2*1-3-4-5-10-8-9(2)6-7-11(10)12(13)14;;;/h2*6-8H,3-5H2,1-2H3,(H2,13,14);2*1H;/q;;;;+4/p-4. The van der Waals surface area contributed by atoms with Crippen LogP contribution in [0.4, 0.5) is 0 Å². The minimum absolute atomic E-state index is 0. The summed E-state index contributed by atoms with van der Waals surface area (Å²) in [6.45, 7) is 8.40. The maximum atomic E-state index is 12.7. The van der Waals surface area contributed by atoms with Gasteiger partial charge in [-0.3, -0.25) is 0 Å². The number of hydrogen-bond acceptors (Lipinski definition) is 2. The Bertz CT molecular complexity index is 790. The summed E-state index contributed by atoms with van der Waals surface area (Å²) in [5, 5.41) is 0. The molecule has 0 aromatic heterocycles. The van der Waals surface area contributed by atoms with Crippen molar-refractivity contribution in [2.24, 2.45) is 0 Å². The van der Waals surface area contributed by atoms with Crippen molar-refractivity contribution in [2.45, 2.75) is 66.2 Å². The number of rotatable bonds is 10. The van der Waals surface area contributed by atoms with E-state index in [9.17, 15) is 9.59 Å². The number of carbonyl (C=O) groups excluding carboxylic acids is 2. The Labute approximate surface area is 211 Å². The van der Waals surface area contributed by atoms with E-state index in [1.807, 2.05) is 38.1 Å². The third-order valence-electron chi connectivity index (χ3n) is 4.96. The Morgan fingerprint density at radius 1 is 0.742 bits per heavy atom. The zero-order chi connectivity index (χ0) is 21.2. The fraction of sp³-hybridized carbons (Fsp3) is 0.417. The van der Waals surface area contributed by atoms with E-state index in [0.29, 0.717) is 0 Å². The van der Waals surface area contributed by atoms with Gasteiger partial charge in [0.1, 0.15) is 0 Å². The molecule has 0 heterocycles. The average Bonchev–Trinajstić information content (AvgIpc) is 2.70. The topological polar surface area (TPSA) is 58.2 Å². The van der Waals surface area contributed by atoms with E-state index in [0.717, 1.165) is 60.8 Å². The fourth-order valence-electron chi connectivity index (χ4n) is 3.32. The summed E-state index contributed by atoms with van der Waals surface area (Å²) in [6.07, 6.45) is 6.14. The van der Waals surface area contributed by atoms with Gasteiger partial charge in [-0.25, -0.2) is 0 Å². The van der Waals surface area contributed by atoms with Crippen molar-refractivity contribution in [3.8, 4) is 0 Å². The molecule has 0 atom stereocenters. The predicted molar refractivity (Wildman–Crippen MR) is 115 cm³/mol. The Morgan fingerprint density at radius 3 is 1.48 bits per heavy atom. The van der Waals surface area contributed by atoms with Crippen molar-refractivity contribution in [3.05, 3.63) is 69.8 Å². The van der Waals surface area contributed by atoms with Gasteiger partial charge in [0.15, 0.2) is 0 Å². The first-order valence-electron chi connectivity index (χ1n) is 10.5. The van der Waals surface area contributed by atoms with Crippen LogP contribution in [0.3, 0.4) is 0 Å². The average molecular weight is 630 g/mol. The van der Waals surface area contributed by atoms with Crippen LogP contribution < -0.4 is 31.4 Å². The first kappa shape index (κ1) is 29.8. The molecule has 2 aromatic rings. The summed E-state index contributed by atoms with van der Waals surface area (Å²) < 4.78 is 6.07. The molecule has 2 amide bonds. The molecule has 0 aliphatic carbocycles. The summed E-state index contributed by atoms with van der Waals surface area (Å²) in [6, 6.07) is 12.0. The van der Waals surface area contributed by atoms with E-state index < -0.39 is 23.5 Å². The van der Waals surface area contributed by atoms with Gasteiger partial charge in [0, 0.05) is 0 Å². The van der Waals surface area contributed by atoms with E-state index in [-0.39, 0.29) is 36.6 Å². The van der Waals surface area contributed by atoms with Crippen LogP contribution in [-0.4, -0.2) is 11.8 Å². The molecule has 2 N–H and O–H groups in total. The molecule has 0 spiro atoms. The summed E-state index contributed by atoms with van der Waals surface area (Å²) in [4.78, 5) is 25.4. The number of amides is 2. The van der Waals surface area contributed by atoms with Crippen LogP contribution in [0.25, 0.3) is 0 Å². The molecule has 0 unspecified atom stereocenters. The summed E-state index contributed by atoms with van der Waals surface area (Å²) in [5.74, 6) is -0.121. The molecule has 7 heteroatoms. The van der Waals surface area contributed by atoms with E-state index in [2.05, 4.69) is 32.6 Å². The molecule has 4 nitrogen and oxygen atoms in total. The minimum Gasteiger partial charge on any atom is -1.00 e. The van der Waals surface area contributed by atoms with Gasteiger partial charge >= 0.3 is 187 Å². The number of carbonyl (C=O) groups is 2. The van der Waals surface area contributed by atoms with Crippen LogP contribution in [-0.2, 0) is 36.3 Å². The summed E-state index contributed by atoms with van der Waals surface area (Å²) in [5.41, 5.74) is 6.01. The van der Waals surface area contributed by atoms with Gasteiger partial charge in [-0.05, 0) is 0 Å². The molecule has 0 radical (unpaired) electrons. The molecule has 0 aliphatic rings. The van der Waals surface area contributed by atoms with E-state index in [4.69, 9.17) is 0 Å². The second-order valence-corrected chi connectivity index (χ2v) is 10.3. The van der Waals surface area contributed by atoms with E-state index in [1.165, 1.54) is 11.1 Å². The van der Waals surface area contributed by atoms with Crippen molar-refractivity contribution < 1.29 is 57.9 Å². The largest absolute Gasteiger partial charge is 1.00 e. The third-order valence-corrected chi connectivity index (χ3v) is 7.49. The number of halogens is 2. The fourth-order valence-corrected chi connectivity index (χ4v) is 5.32. The van der Waals surface area contributed by atoms with Crippen molar-refractivity contribution in [1.29, 1.82) is 0 Å². The molecule has 2 rings (SSSR count).